The summed E-state index contributed by atoms with van der Waals surface area (Å²) >= 11 is 3.18. The molecule has 0 fully saturated rings. The summed E-state index contributed by atoms with van der Waals surface area (Å²) in [6.45, 7) is 4.86. The first-order valence-electron chi connectivity index (χ1n) is 4.72. The molecule has 0 radical (unpaired) electrons. The minimum absolute atomic E-state index is 0.139. The van der Waals surface area contributed by atoms with Gasteiger partial charge in [0.1, 0.15) is 0 Å². The SMILES string of the molecule is CC(C)(CN)COc1ccc(Br)cc1F. The Balaban J connectivity index is 2.66. The van der Waals surface area contributed by atoms with Crippen LogP contribution in [0.25, 0.3) is 0 Å². The highest BCUT2D eigenvalue weighted by atomic mass is 79.9. The number of rotatable bonds is 4. The molecule has 1 aromatic rings. The minimum Gasteiger partial charge on any atom is -0.490 e. The van der Waals surface area contributed by atoms with Crippen LogP contribution in [0, 0.1) is 11.2 Å². The molecule has 2 N–H and O–H groups in total. The van der Waals surface area contributed by atoms with E-state index in [0.717, 1.165) is 0 Å². The summed E-state index contributed by atoms with van der Waals surface area (Å²) in [6, 6.07) is 4.73. The molecule has 0 unspecified atom stereocenters. The van der Waals surface area contributed by atoms with Crippen molar-refractivity contribution < 1.29 is 9.13 Å². The Hall–Kier alpha value is -0.610. The van der Waals surface area contributed by atoms with Gasteiger partial charge in [0.05, 0.1) is 6.61 Å². The zero-order valence-corrected chi connectivity index (χ0v) is 10.5. The van der Waals surface area contributed by atoms with Crippen LogP contribution in [0.4, 0.5) is 4.39 Å². The number of ether oxygens (including phenoxy) is 1. The largest absolute Gasteiger partial charge is 0.490 e. The molecule has 0 aliphatic carbocycles. The lowest BCUT2D eigenvalue weighted by atomic mass is 9.95. The van der Waals surface area contributed by atoms with E-state index in [-0.39, 0.29) is 17.0 Å². The second-order valence-corrected chi connectivity index (χ2v) is 5.15. The first-order chi connectivity index (χ1) is 6.94. The van der Waals surface area contributed by atoms with E-state index in [1.807, 2.05) is 13.8 Å². The molecule has 15 heavy (non-hydrogen) atoms. The van der Waals surface area contributed by atoms with Crippen molar-refractivity contribution in [1.29, 1.82) is 0 Å². The Kier molecular flexibility index (Phi) is 4.11. The molecular formula is C11H15BrFNO. The molecule has 0 spiro atoms. The summed E-state index contributed by atoms with van der Waals surface area (Å²) in [5.41, 5.74) is 5.41. The van der Waals surface area contributed by atoms with E-state index in [4.69, 9.17) is 10.5 Å². The molecule has 1 aromatic carbocycles. The van der Waals surface area contributed by atoms with Gasteiger partial charge < -0.3 is 10.5 Å². The second kappa shape index (κ2) is 4.94. The zero-order valence-electron chi connectivity index (χ0n) is 8.89. The van der Waals surface area contributed by atoms with Gasteiger partial charge in [0.2, 0.25) is 0 Å². The fraction of sp³-hybridized carbons (Fsp3) is 0.455. The van der Waals surface area contributed by atoms with Gasteiger partial charge in [0, 0.05) is 16.4 Å². The summed E-state index contributed by atoms with van der Waals surface area (Å²) in [7, 11) is 0. The smallest absolute Gasteiger partial charge is 0.166 e. The molecule has 1 rings (SSSR count). The molecule has 0 atom stereocenters. The maximum atomic E-state index is 13.3. The highest BCUT2D eigenvalue weighted by molar-refractivity contribution is 9.10. The highest BCUT2D eigenvalue weighted by Crippen LogP contribution is 2.23. The maximum Gasteiger partial charge on any atom is 0.166 e. The molecule has 0 bridgehead atoms. The molecule has 0 aliphatic rings. The van der Waals surface area contributed by atoms with Crippen molar-refractivity contribution in [3.63, 3.8) is 0 Å². The second-order valence-electron chi connectivity index (χ2n) is 4.23. The number of hydrogen-bond acceptors (Lipinski definition) is 2. The highest BCUT2D eigenvalue weighted by Gasteiger charge is 2.17. The van der Waals surface area contributed by atoms with E-state index in [0.29, 0.717) is 17.6 Å². The normalized spacial score (nSPS) is 11.5. The predicted octanol–water partition coefficient (Wildman–Crippen LogP) is 2.95. The van der Waals surface area contributed by atoms with Crippen LogP contribution in [0.2, 0.25) is 0 Å². The Morgan fingerprint density at radius 2 is 2.13 bits per heavy atom. The van der Waals surface area contributed by atoms with Crippen molar-refractivity contribution in [1.82, 2.24) is 0 Å². The van der Waals surface area contributed by atoms with Crippen LogP contribution in [-0.2, 0) is 0 Å². The average Bonchev–Trinajstić information content (AvgIpc) is 2.16. The minimum atomic E-state index is -0.364. The number of benzene rings is 1. The zero-order chi connectivity index (χ0) is 11.5. The van der Waals surface area contributed by atoms with Gasteiger partial charge in [-0.15, -0.1) is 0 Å². The fourth-order valence-electron chi connectivity index (χ4n) is 0.924. The van der Waals surface area contributed by atoms with E-state index < -0.39 is 0 Å². The molecule has 0 aromatic heterocycles. The van der Waals surface area contributed by atoms with Crippen LogP contribution >= 0.6 is 15.9 Å². The van der Waals surface area contributed by atoms with Gasteiger partial charge >= 0.3 is 0 Å². The van der Waals surface area contributed by atoms with Gasteiger partial charge in [-0.3, -0.25) is 0 Å². The van der Waals surface area contributed by atoms with Crippen LogP contribution in [0.1, 0.15) is 13.8 Å². The predicted molar refractivity (Wildman–Crippen MR) is 62.4 cm³/mol. The first kappa shape index (κ1) is 12.5. The molecule has 0 saturated carbocycles. The van der Waals surface area contributed by atoms with Gasteiger partial charge in [-0.1, -0.05) is 29.8 Å². The van der Waals surface area contributed by atoms with Crippen molar-refractivity contribution in [3.05, 3.63) is 28.5 Å². The van der Waals surface area contributed by atoms with Crippen LogP contribution in [0.3, 0.4) is 0 Å². The van der Waals surface area contributed by atoms with Crippen LogP contribution in [0.5, 0.6) is 5.75 Å². The maximum absolute atomic E-state index is 13.3. The average molecular weight is 276 g/mol. The Bertz CT molecular complexity index is 341. The summed E-state index contributed by atoms with van der Waals surface area (Å²) < 4.78 is 19.4. The molecule has 2 nitrogen and oxygen atoms in total. The van der Waals surface area contributed by atoms with Crippen molar-refractivity contribution >= 4 is 15.9 Å². The Morgan fingerprint density at radius 1 is 1.47 bits per heavy atom. The van der Waals surface area contributed by atoms with E-state index >= 15 is 0 Å². The topological polar surface area (TPSA) is 35.2 Å². The van der Waals surface area contributed by atoms with Gasteiger partial charge in [-0.05, 0) is 18.2 Å². The third-order valence-electron chi connectivity index (χ3n) is 2.06. The number of nitrogens with two attached hydrogens (primary N) is 1. The summed E-state index contributed by atoms with van der Waals surface area (Å²) in [5, 5.41) is 0. The van der Waals surface area contributed by atoms with Crippen molar-refractivity contribution in [3.8, 4) is 5.75 Å². The summed E-state index contributed by atoms with van der Waals surface area (Å²) in [5.74, 6) is -0.100. The van der Waals surface area contributed by atoms with Crippen molar-refractivity contribution in [2.75, 3.05) is 13.2 Å². The quantitative estimate of drug-likeness (QED) is 0.917. The summed E-state index contributed by atoms with van der Waals surface area (Å²) in [4.78, 5) is 0. The van der Waals surface area contributed by atoms with Crippen LogP contribution in [0.15, 0.2) is 22.7 Å². The molecule has 0 aliphatic heterocycles. The first-order valence-corrected chi connectivity index (χ1v) is 5.52. The third kappa shape index (κ3) is 3.80. The van der Waals surface area contributed by atoms with Gasteiger partial charge in [-0.2, -0.15) is 0 Å². The molecular weight excluding hydrogens is 261 g/mol. The van der Waals surface area contributed by atoms with Crippen LogP contribution < -0.4 is 10.5 Å². The van der Waals surface area contributed by atoms with Gasteiger partial charge in [-0.25, -0.2) is 4.39 Å². The van der Waals surface area contributed by atoms with E-state index in [1.165, 1.54) is 6.07 Å². The van der Waals surface area contributed by atoms with Crippen molar-refractivity contribution in [2.45, 2.75) is 13.8 Å². The molecule has 0 heterocycles. The molecule has 0 amide bonds. The van der Waals surface area contributed by atoms with Gasteiger partial charge in [0.15, 0.2) is 11.6 Å². The number of hydrogen-bond donors (Lipinski definition) is 1. The van der Waals surface area contributed by atoms with E-state index in [9.17, 15) is 4.39 Å². The summed E-state index contributed by atoms with van der Waals surface area (Å²) in [6.07, 6.45) is 0. The standard InChI is InChI=1S/C11H15BrFNO/c1-11(2,6-14)7-15-10-4-3-8(12)5-9(10)13/h3-5H,6-7,14H2,1-2H3. The molecule has 84 valence electrons. The molecule has 4 heteroatoms. The third-order valence-corrected chi connectivity index (χ3v) is 2.56. The fourth-order valence-corrected chi connectivity index (χ4v) is 1.26. The number of halogens is 2. The van der Waals surface area contributed by atoms with E-state index in [2.05, 4.69) is 15.9 Å². The lowest BCUT2D eigenvalue weighted by molar-refractivity contribution is 0.181. The monoisotopic (exact) mass is 275 g/mol. The Morgan fingerprint density at radius 3 is 2.67 bits per heavy atom. The Labute approximate surface area is 97.7 Å². The molecule has 0 saturated heterocycles. The lowest BCUT2D eigenvalue weighted by Crippen LogP contribution is -2.30. The lowest BCUT2D eigenvalue weighted by Gasteiger charge is -2.22. The van der Waals surface area contributed by atoms with Gasteiger partial charge in [0.25, 0.3) is 0 Å². The van der Waals surface area contributed by atoms with E-state index in [1.54, 1.807) is 12.1 Å². The van der Waals surface area contributed by atoms with Crippen molar-refractivity contribution in [2.24, 2.45) is 11.1 Å². The van der Waals surface area contributed by atoms with Crippen LogP contribution in [-0.4, -0.2) is 13.2 Å².